The molecule has 0 spiro atoms. The van der Waals surface area contributed by atoms with Gasteiger partial charge in [-0.3, -0.25) is 4.98 Å². The van der Waals surface area contributed by atoms with Gasteiger partial charge in [-0.1, -0.05) is 12.1 Å². The molecule has 1 atom stereocenters. The quantitative estimate of drug-likeness (QED) is 0.947. The van der Waals surface area contributed by atoms with E-state index in [4.69, 9.17) is 0 Å². The maximum absolute atomic E-state index is 12.5. The fraction of sp³-hybridized carbons (Fsp3) is 0.250. The van der Waals surface area contributed by atoms with E-state index in [-0.39, 0.29) is 10.3 Å². The summed E-state index contributed by atoms with van der Waals surface area (Å²) in [7, 11) is -4.28. The summed E-state index contributed by atoms with van der Waals surface area (Å²) in [5.41, 5.74) is 0. The van der Waals surface area contributed by atoms with Crippen molar-refractivity contribution < 1.29 is 21.6 Å². The van der Waals surface area contributed by atoms with Crippen LogP contribution < -0.4 is 4.72 Å². The Balaban J connectivity index is 2.48. The van der Waals surface area contributed by atoms with Gasteiger partial charge >= 0.3 is 6.18 Å². The van der Waals surface area contributed by atoms with Gasteiger partial charge in [0.25, 0.3) is 0 Å². The molecule has 20 heavy (non-hydrogen) atoms. The summed E-state index contributed by atoms with van der Waals surface area (Å²) in [6.07, 6.45) is -1.86. The fourth-order valence-corrected chi connectivity index (χ4v) is 3.13. The van der Waals surface area contributed by atoms with Crippen LogP contribution in [0, 0.1) is 0 Å². The molecule has 8 heteroatoms. The first-order chi connectivity index (χ1) is 9.22. The van der Waals surface area contributed by atoms with Crippen LogP contribution in [-0.4, -0.2) is 25.6 Å². The number of nitrogens with one attached hydrogen (secondary N) is 1. The normalized spacial score (nSPS) is 14.4. The summed E-state index contributed by atoms with van der Waals surface area (Å²) in [4.78, 5) is 3.58. The highest BCUT2D eigenvalue weighted by Gasteiger charge is 2.39. The molecule has 2 aromatic rings. The third-order valence-corrected chi connectivity index (χ3v) is 4.35. The Bertz CT molecular complexity index is 724. The monoisotopic (exact) mass is 304 g/mol. The lowest BCUT2D eigenvalue weighted by molar-refractivity contribution is -0.147. The maximum Gasteiger partial charge on any atom is 0.404 e. The van der Waals surface area contributed by atoms with Crippen molar-refractivity contribution in [2.45, 2.75) is 24.0 Å². The Labute approximate surface area is 113 Å². The second-order valence-corrected chi connectivity index (χ2v) is 5.92. The van der Waals surface area contributed by atoms with Crippen molar-refractivity contribution in [2.24, 2.45) is 0 Å². The first-order valence-corrected chi connectivity index (χ1v) is 7.12. The first kappa shape index (κ1) is 14.7. The minimum atomic E-state index is -4.64. The minimum Gasteiger partial charge on any atom is -0.264 e. The second-order valence-electron chi connectivity index (χ2n) is 4.24. The minimum absolute atomic E-state index is 0.223. The van der Waals surface area contributed by atoms with Crippen molar-refractivity contribution >= 4 is 20.8 Å². The zero-order valence-electron chi connectivity index (χ0n) is 10.3. The van der Waals surface area contributed by atoms with E-state index in [9.17, 15) is 21.6 Å². The molecule has 2 rings (SSSR count). The Kier molecular flexibility index (Phi) is 3.70. The van der Waals surface area contributed by atoms with Gasteiger partial charge < -0.3 is 0 Å². The molecular weight excluding hydrogens is 293 g/mol. The van der Waals surface area contributed by atoms with E-state index in [0.717, 1.165) is 6.92 Å². The average molecular weight is 304 g/mol. The smallest absolute Gasteiger partial charge is 0.264 e. The molecule has 1 N–H and O–H groups in total. The van der Waals surface area contributed by atoms with Crippen molar-refractivity contribution in [3.05, 3.63) is 36.7 Å². The number of rotatable bonds is 3. The summed E-state index contributed by atoms with van der Waals surface area (Å²) in [6, 6.07) is 3.79. The number of hydrogen-bond donors (Lipinski definition) is 1. The topological polar surface area (TPSA) is 59.1 Å². The molecule has 108 valence electrons. The number of hydrogen-bond acceptors (Lipinski definition) is 3. The lowest BCUT2D eigenvalue weighted by Gasteiger charge is -2.17. The molecule has 0 bridgehead atoms. The van der Waals surface area contributed by atoms with E-state index in [2.05, 4.69) is 4.98 Å². The van der Waals surface area contributed by atoms with E-state index in [1.165, 1.54) is 24.5 Å². The van der Waals surface area contributed by atoms with Gasteiger partial charge in [0, 0.05) is 17.8 Å². The standard InChI is InChI=1S/C12H11F3N2O2S/c1-8(12(13,14)15)17-20(18,19)11-4-2-3-9-5-6-16-7-10(9)11/h2-8,17H,1H3. The van der Waals surface area contributed by atoms with Crippen LogP contribution in [-0.2, 0) is 10.0 Å². The predicted octanol–water partition coefficient (Wildman–Crippen LogP) is 2.46. The highest BCUT2D eigenvalue weighted by molar-refractivity contribution is 7.89. The van der Waals surface area contributed by atoms with Crippen molar-refractivity contribution in [2.75, 3.05) is 0 Å². The Hall–Kier alpha value is -1.67. The fourth-order valence-electron chi connectivity index (χ4n) is 1.68. The Morgan fingerprint density at radius 3 is 2.60 bits per heavy atom. The zero-order chi connectivity index (χ0) is 15.0. The number of alkyl halides is 3. The summed E-state index contributed by atoms with van der Waals surface area (Å²) in [6.45, 7) is 0.751. The van der Waals surface area contributed by atoms with Gasteiger partial charge in [-0.25, -0.2) is 8.42 Å². The highest BCUT2D eigenvalue weighted by atomic mass is 32.2. The summed E-state index contributed by atoms with van der Waals surface area (Å²) in [5, 5.41) is 0.861. The predicted molar refractivity (Wildman–Crippen MR) is 67.6 cm³/mol. The first-order valence-electron chi connectivity index (χ1n) is 5.63. The lowest BCUT2D eigenvalue weighted by atomic mass is 10.2. The molecule has 1 heterocycles. The van der Waals surface area contributed by atoms with Crippen LogP contribution in [0.4, 0.5) is 13.2 Å². The van der Waals surface area contributed by atoms with E-state index in [1.807, 2.05) is 0 Å². The highest BCUT2D eigenvalue weighted by Crippen LogP contribution is 2.25. The van der Waals surface area contributed by atoms with Gasteiger partial charge in [-0.2, -0.15) is 17.9 Å². The zero-order valence-corrected chi connectivity index (χ0v) is 11.2. The van der Waals surface area contributed by atoms with Crippen molar-refractivity contribution in [1.29, 1.82) is 0 Å². The van der Waals surface area contributed by atoms with E-state index in [0.29, 0.717) is 5.39 Å². The largest absolute Gasteiger partial charge is 0.404 e. The van der Waals surface area contributed by atoms with Gasteiger partial charge in [0.05, 0.1) is 4.90 Å². The van der Waals surface area contributed by atoms with E-state index in [1.54, 1.807) is 16.9 Å². The lowest BCUT2D eigenvalue weighted by Crippen LogP contribution is -2.43. The van der Waals surface area contributed by atoms with E-state index < -0.39 is 22.2 Å². The number of halogens is 3. The molecule has 1 unspecified atom stereocenters. The molecule has 0 fully saturated rings. The molecule has 4 nitrogen and oxygen atoms in total. The van der Waals surface area contributed by atoms with Crippen LogP contribution in [0.2, 0.25) is 0 Å². The van der Waals surface area contributed by atoms with Gasteiger partial charge in [0.1, 0.15) is 6.04 Å². The Morgan fingerprint density at radius 1 is 1.25 bits per heavy atom. The molecule has 0 saturated carbocycles. The number of fused-ring (bicyclic) bond motifs is 1. The van der Waals surface area contributed by atoms with Crippen molar-refractivity contribution in [1.82, 2.24) is 9.71 Å². The summed E-state index contributed by atoms with van der Waals surface area (Å²) < 4.78 is 63.2. The van der Waals surface area contributed by atoms with Gasteiger partial charge in [-0.05, 0) is 24.4 Å². The van der Waals surface area contributed by atoms with Crippen LogP contribution in [0.25, 0.3) is 10.8 Å². The number of sulfonamides is 1. The third kappa shape index (κ3) is 2.91. The molecule has 0 aliphatic heterocycles. The third-order valence-electron chi connectivity index (χ3n) is 2.76. The van der Waals surface area contributed by atoms with Gasteiger partial charge in [-0.15, -0.1) is 0 Å². The molecule has 1 aromatic carbocycles. The van der Waals surface area contributed by atoms with Crippen LogP contribution in [0.15, 0.2) is 41.6 Å². The summed E-state index contributed by atoms with van der Waals surface area (Å²) in [5.74, 6) is 0. The molecule has 0 radical (unpaired) electrons. The Morgan fingerprint density at radius 2 is 1.95 bits per heavy atom. The number of pyridine rings is 1. The molecule has 1 aromatic heterocycles. The van der Waals surface area contributed by atoms with Crippen LogP contribution >= 0.6 is 0 Å². The number of nitrogens with zero attached hydrogens (tertiary/aromatic N) is 1. The van der Waals surface area contributed by atoms with Crippen LogP contribution in [0.5, 0.6) is 0 Å². The molecular formula is C12H11F3N2O2S. The van der Waals surface area contributed by atoms with E-state index >= 15 is 0 Å². The van der Waals surface area contributed by atoms with Gasteiger partial charge in [0.2, 0.25) is 10.0 Å². The number of aromatic nitrogens is 1. The van der Waals surface area contributed by atoms with Crippen molar-refractivity contribution in [3.63, 3.8) is 0 Å². The SMILES string of the molecule is CC(NS(=O)(=O)c1cccc2ccncc12)C(F)(F)F. The summed E-state index contributed by atoms with van der Waals surface area (Å²) >= 11 is 0. The average Bonchev–Trinajstić information content (AvgIpc) is 2.36. The maximum atomic E-state index is 12.5. The number of benzene rings is 1. The van der Waals surface area contributed by atoms with Gasteiger partial charge in [0.15, 0.2) is 0 Å². The molecule has 0 aliphatic rings. The van der Waals surface area contributed by atoms with Crippen LogP contribution in [0.1, 0.15) is 6.92 Å². The molecule has 0 amide bonds. The molecule has 0 saturated heterocycles. The van der Waals surface area contributed by atoms with Crippen molar-refractivity contribution in [3.8, 4) is 0 Å². The second kappa shape index (κ2) is 5.02. The van der Waals surface area contributed by atoms with Crippen LogP contribution in [0.3, 0.4) is 0 Å². The molecule has 0 aliphatic carbocycles.